The molecule has 0 amide bonds. The Balaban J connectivity index is 1.88. The summed E-state index contributed by atoms with van der Waals surface area (Å²) in [6.45, 7) is 5.04. The molecule has 3 rings (SSSR count). The van der Waals surface area contributed by atoms with Gasteiger partial charge in [0.1, 0.15) is 0 Å². The summed E-state index contributed by atoms with van der Waals surface area (Å²) < 4.78 is 14.0. The molecule has 0 spiro atoms. The Bertz CT molecular complexity index is 468. The third-order valence-corrected chi connectivity index (χ3v) is 4.06. The van der Waals surface area contributed by atoms with Crippen LogP contribution in [0.4, 0.5) is 16.2 Å². The maximum Gasteiger partial charge on any atom is 0.239 e. The van der Waals surface area contributed by atoms with Gasteiger partial charge in [-0.25, -0.2) is 15.2 Å². The van der Waals surface area contributed by atoms with Gasteiger partial charge in [0.05, 0.1) is 6.20 Å². The van der Waals surface area contributed by atoms with Gasteiger partial charge in [-0.3, -0.25) is 10.3 Å². The number of nitrogens with two attached hydrogens (primary N) is 1. The number of nitrogen functional groups attached to an aromatic ring is 1. The molecule has 3 heterocycles. The number of piperazine rings is 1. The lowest BCUT2D eigenvalue weighted by molar-refractivity contribution is 0.201. The van der Waals surface area contributed by atoms with E-state index < -0.39 is 5.82 Å². The highest BCUT2D eigenvalue weighted by Crippen LogP contribution is 2.29. The summed E-state index contributed by atoms with van der Waals surface area (Å²) in [6.07, 6.45) is 3.58. The largest absolute Gasteiger partial charge is 0.348 e. The van der Waals surface area contributed by atoms with Gasteiger partial charge in [0.15, 0.2) is 11.6 Å². The van der Waals surface area contributed by atoms with Gasteiger partial charge in [-0.1, -0.05) is 0 Å². The molecular formula is C12H19FN6. The highest BCUT2D eigenvalue weighted by molar-refractivity contribution is 5.45. The van der Waals surface area contributed by atoms with E-state index in [-0.39, 0.29) is 12.0 Å². The van der Waals surface area contributed by atoms with Crippen molar-refractivity contribution in [2.24, 2.45) is 5.84 Å². The van der Waals surface area contributed by atoms with Gasteiger partial charge < -0.3 is 4.90 Å². The van der Waals surface area contributed by atoms with Crippen molar-refractivity contribution < 1.29 is 4.39 Å². The SMILES string of the molecule is CC1CN2CCCC2CN1c1nc(NN)ncc1F. The minimum atomic E-state index is -0.391. The van der Waals surface area contributed by atoms with Crippen LogP contribution in [0.5, 0.6) is 0 Å². The lowest BCUT2D eigenvalue weighted by Crippen LogP contribution is -2.55. The van der Waals surface area contributed by atoms with Crippen molar-refractivity contribution >= 4 is 11.8 Å². The van der Waals surface area contributed by atoms with Gasteiger partial charge >= 0.3 is 0 Å². The number of anilines is 2. The zero-order chi connectivity index (χ0) is 13.4. The van der Waals surface area contributed by atoms with Crippen molar-refractivity contribution in [3.63, 3.8) is 0 Å². The average Bonchev–Trinajstić information content (AvgIpc) is 2.85. The molecule has 7 heteroatoms. The molecule has 2 aliphatic rings. The smallest absolute Gasteiger partial charge is 0.239 e. The molecule has 0 aliphatic carbocycles. The predicted molar refractivity (Wildman–Crippen MR) is 71.2 cm³/mol. The highest BCUT2D eigenvalue weighted by Gasteiger charge is 2.35. The highest BCUT2D eigenvalue weighted by atomic mass is 19.1. The number of aromatic nitrogens is 2. The number of hydrogen-bond donors (Lipinski definition) is 2. The van der Waals surface area contributed by atoms with Gasteiger partial charge in [-0.15, -0.1) is 0 Å². The summed E-state index contributed by atoms with van der Waals surface area (Å²) in [7, 11) is 0. The van der Waals surface area contributed by atoms with Crippen LogP contribution in [0.15, 0.2) is 6.20 Å². The monoisotopic (exact) mass is 266 g/mol. The van der Waals surface area contributed by atoms with Crippen LogP contribution in [-0.2, 0) is 0 Å². The first-order valence-electron chi connectivity index (χ1n) is 6.69. The van der Waals surface area contributed by atoms with Gasteiger partial charge in [-0.05, 0) is 26.3 Å². The van der Waals surface area contributed by atoms with Crippen molar-refractivity contribution in [1.82, 2.24) is 14.9 Å². The molecule has 2 atom stereocenters. The molecule has 19 heavy (non-hydrogen) atoms. The Morgan fingerprint density at radius 1 is 1.47 bits per heavy atom. The number of nitrogens with one attached hydrogen (secondary N) is 1. The summed E-state index contributed by atoms with van der Waals surface area (Å²) >= 11 is 0. The molecule has 0 radical (unpaired) electrons. The second kappa shape index (κ2) is 4.90. The van der Waals surface area contributed by atoms with Crippen LogP contribution in [0, 0.1) is 5.82 Å². The molecule has 2 unspecified atom stereocenters. The number of fused-ring (bicyclic) bond motifs is 1. The van der Waals surface area contributed by atoms with Gasteiger partial charge in [0.2, 0.25) is 5.95 Å². The topological polar surface area (TPSA) is 70.3 Å². The lowest BCUT2D eigenvalue weighted by Gasteiger charge is -2.43. The first-order chi connectivity index (χ1) is 9.19. The third-order valence-electron chi connectivity index (χ3n) is 4.06. The zero-order valence-electron chi connectivity index (χ0n) is 11.0. The fourth-order valence-electron chi connectivity index (χ4n) is 3.11. The fraction of sp³-hybridized carbons (Fsp3) is 0.667. The third kappa shape index (κ3) is 2.23. The Hall–Kier alpha value is -1.47. The van der Waals surface area contributed by atoms with Crippen LogP contribution in [0.1, 0.15) is 19.8 Å². The molecule has 0 bridgehead atoms. The molecule has 104 valence electrons. The Morgan fingerprint density at radius 3 is 3.11 bits per heavy atom. The van der Waals surface area contributed by atoms with E-state index >= 15 is 0 Å². The van der Waals surface area contributed by atoms with Crippen molar-refractivity contribution in [1.29, 1.82) is 0 Å². The standard InChI is InChI=1S/C12H19FN6/c1-8-6-18-4-2-3-9(18)7-19(8)11-10(13)5-15-12(16-11)17-14/h5,8-9H,2-4,6-7,14H2,1H3,(H,15,16,17). The minimum absolute atomic E-state index is 0.240. The second-order valence-electron chi connectivity index (χ2n) is 5.30. The Morgan fingerprint density at radius 2 is 2.32 bits per heavy atom. The summed E-state index contributed by atoms with van der Waals surface area (Å²) in [6, 6.07) is 0.754. The maximum absolute atomic E-state index is 14.0. The second-order valence-corrected chi connectivity index (χ2v) is 5.30. The van der Waals surface area contributed by atoms with E-state index in [1.165, 1.54) is 19.0 Å². The summed E-state index contributed by atoms with van der Waals surface area (Å²) in [5.74, 6) is 5.50. The van der Waals surface area contributed by atoms with Crippen LogP contribution < -0.4 is 16.2 Å². The molecule has 0 aromatic carbocycles. The zero-order valence-corrected chi connectivity index (χ0v) is 11.0. The Kier molecular flexibility index (Phi) is 3.24. The average molecular weight is 266 g/mol. The van der Waals surface area contributed by atoms with Gasteiger partial charge in [0.25, 0.3) is 0 Å². The van der Waals surface area contributed by atoms with Crippen molar-refractivity contribution in [3.05, 3.63) is 12.0 Å². The molecule has 1 aromatic heterocycles. The van der Waals surface area contributed by atoms with Gasteiger partial charge in [-0.2, -0.15) is 4.98 Å². The minimum Gasteiger partial charge on any atom is -0.348 e. The predicted octanol–water partition coefficient (Wildman–Crippen LogP) is 0.574. The van der Waals surface area contributed by atoms with E-state index in [4.69, 9.17) is 5.84 Å². The molecule has 2 aliphatic heterocycles. The summed E-state index contributed by atoms with van der Waals surface area (Å²) in [4.78, 5) is 12.5. The maximum atomic E-state index is 14.0. The van der Waals surface area contributed by atoms with Crippen molar-refractivity contribution in [2.45, 2.75) is 31.8 Å². The van der Waals surface area contributed by atoms with Crippen LogP contribution in [0.25, 0.3) is 0 Å². The van der Waals surface area contributed by atoms with Gasteiger partial charge in [0, 0.05) is 25.2 Å². The van der Waals surface area contributed by atoms with Crippen LogP contribution >= 0.6 is 0 Å². The quantitative estimate of drug-likeness (QED) is 0.602. The van der Waals surface area contributed by atoms with E-state index in [0.29, 0.717) is 11.9 Å². The molecule has 1 aromatic rings. The Labute approximate surface area is 111 Å². The van der Waals surface area contributed by atoms with E-state index in [1.807, 2.05) is 4.90 Å². The first kappa shape index (κ1) is 12.6. The van der Waals surface area contributed by atoms with Crippen LogP contribution in [0.2, 0.25) is 0 Å². The number of hydrazine groups is 1. The number of hydrogen-bond acceptors (Lipinski definition) is 6. The number of nitrogens with zero attached hydrogens (tertiary/aromatic N) is 4. The first-order valence-corrected chi connectivity index (χ1v) is 6.69. The molecule has 2 fully saturated rings. The van der Waals surface area contributed by atoms with Crippen molar-refractivity contribution in [3.8, 4) is 0 Å². The van der Waals surface area contributed by atoms with E-state index in [2.05, 4.69) is 27.2 Å². The molecule has 0 saturated carbocycles. The number of rotatable bonds is 2. The summed E-state index contributed by atoms with van der Waals surface area (Å²) in [5.41, 5.74) is 2.37. The van der Waals surface area contributed by atoms with Crippen molar-refractivity contribution in [2.75, 3.05) is 30.0 Å². The van der Waals surface area contributed by atoms with Crippen LogP contribution in [0.3, 0.4) is 0 Å². The normalized spacial score (nSPS) is 27.4. The molecular weight excluding hydrogens is 247 g/mol. The van der Waals surface area contributed by atoms with E-state index in [9.17, 15) is 4.39 Å². The van der Waals surface area contributed by atoms with E-state index in [0.717, 1.165) is 19.6 Å². The van der Waals surface area contributed by atoms with Crippen LogP contribution in [-0.4, -0.2) is 46.6 Å². The van der Waals surface area contributed by atoms with E-state index in [1.54, 1.807) is 0 Å². The summed E-state index contributed by atoms with van der Waals surface area (Å²) in [5, 5.41) is 0. The molecule has 6 nitrogen and oxygen atoms in total. The molecule has 3 N–H and O–H groups in total. The molecule has 2 saturated heterocycles. The lowest BCUT2D eigenvalue weighted by atomic mass is 10.1. The number of halogens is 1. The fourth-order valence-corrected chi connectivity index (χ4v) is 3.11.